The lowest BCUT2D eigenvalue weighted by molar-refractivity contribution is 0.114. The lowest BCUT2D eigenvalue weighted by Crippen LogP contribution is -2.40. The van der Waals surface area contributed by atoms with Crippen LogP contribution in [-0.2, 0) is 0 Å². The third-order valence-electron chi connectivity index (χ3n) is 4.46. The van der Waals surface area contributed by atoms with Gasteiger partial charge in [-0.15, -0.1) is 0 Å². The zero-order valence-corrected chi connectivity index (χ0v) is 13.2. The van der Waals surface area contributed by atoms with Crippen molar-refractivity contribution < 1.29 is 5.11 Å². The summed E-state index contributed by atoms with van der Waals surface area (Å²) in [6.45, 7) is 8.45. The Morgan fingerprint density at radius 3 is 2.60 bits per heavy atom. The molecule has 0 aromatic carbocycles. The molecule has 0 radical (unpaired) electrons. The molecule has 20 heavy (non-hydrogen) atoms. The van der Waals surface area contributed by atoms with E-state index in [-0.39, 0.29) is 18.2 Å². The first-order valence-corrected chi connectivity index (χ1v) is 7.88. The van der Waals surface area contributed by atoms with Crippen LogP contribution in [-0.4, -0.2) is 22.2 Å². The number of aliphatic hydroxyl groups is 1. The van der Waals surface area contributed by atoms with E-state index < -0.39 is 0 Å². The van der Waals surface area contributed by atoms with Gasteiger partial charge in [-0.05, 0) is 57.7 Å². The Hall–Kier alpha value is -0.930. The summed E-state index contributed by atoms with van der Waals surface area (Å²) in [6.07, 6.45) is 5.40. The van der Waals surface area contributed by atoms with Crippen molar-refractivity contribution >= 4 is 0 Å². The fraction of sp³-hybridized carbons (Fsp3) is 0.706. The zero-order chi connectivity index (χ0) is 14.7. The molecule has 0 aliphatic heterocycles. The molecule has 3 nitrogen and oxygen atoms in total. The minimum atomic E-state index is -0.209. The highest BCUT2D eigenvalue weighted by Gasteiger charge is 2.24. The molecule has 1 aliphatic rings. The molecule has 3 unspecified atom stereocenters. The molecule has 2 rings (SSSR count). The first-order valence-electron chi connectivity index (χ1n) is 7.88. The molecule has 1 saturated carbocycles. The monoisotopic (exact) mass is 276 g/mol. The van der Waals surface area contributed by atoms with Crippen LogP contribution in [0.1, 0.15) is 67.6 Å². The predicted molar refractivity (Wildman–Crippen MR) is 82.9 cm³/mol. The quantitative estimate of drug-likeness (QED) is 0.832. The van der Waals surface area contributed by atoms with Gasteiger partial charge in [0.05, 0.1) is 6.10 Å². The summed E-state index contributed by atoms with van der Waals surface area (Å²) >= 11 is 0. The van der Waals surface area contributed by atoms with Gasteiger partial charge in [-0.3, -0.25) is 4.98 Å². The summed E-state index contributed by atoms with van der Waals surface area (Å²) in [6, 6.07) is 2.60. The second-order valence-corrected chi connectivity index (χ2v) is 6.28. The van der Waals surface area contributed by atoms with Crippen molar-refractivity contribution in [2.24, 2.45) is 0 Å². The average Bonchev–Trinajstić information content (AvgIpc) is 2.53. The topological polar surface area (TPSA) is 45.1 Å². The van der Waals surface area contributed by atoms with Crippen LogP contribution in [0.2, 0.25) is 0 Å². The first-order chi connectivity index (χ1) is 9.49. The number of hydrogen-bond acceptors (Lipinski definition) is 3. The minimum Gasteiger partial charge on any atom is -0.392 e. The van der Waals surface area contributed by atoms with Gasteiger partial charge >= 0.3 is 0 Å². The van der Waals surface area contributed by atoms with E-state index in [1.165, 1.54) is 24.0 Å². The molecule has 0 saturated heterocycles. The van der Waals surface area contributed by atoms with Gasteiger partial charge in [0.15, 0.2) is 0 Å². The molecule has 0 bridgehead atoms. The Bertz CT molecular complexity index is 435. The lowest BCUT2D eigenvalue weighted by Gasteiger charge is -2.27. The van der Waals surface area contributed by atoms with E-state index in [9.17, 15) is 5.11 Å². The van der Waals surface area contributed by atoms with Gasteiger partial charge < -0.3 is 10.4 Å². The van der Waals surface area contributed by atoms with Gasteiger partial charge in [0.1, 0.15) is 0 Å². The van der Waals surface area contributed by atoms with E-state index in [0.29, 0.717) is 0 Å². The van der Waals surface area contributed by atoms with Gasteiger partial charge in [-0.25, -0.2) is 0 Å². The number of nitrogens with zero attached hydrogens (tertiary/aromatic N) is 1. The molecule has 112 valence electrons. The lowest BCUT2D eigenvalue weighted by atomic mass is 9.97. The van der Waals surface area contributed by atoms with Crippen molar-refractivity contribution in [2.45, 2.75) is 78.0 Å². The van der Waals surface area contributed by atoms with Crippen LogP contribution in [0.4, 0.5) is 0 Å². The second kappa shape index (κ2) is 6.68. The summed E-state index contributed by atoms with van der Waals surface area (Å²) in [7, 11) is 0. The Kier molecular flexibility index (Phi) is 5.17. The number of nitrogens with one attached hydrogen (secondary N) is 1. The van der Waals surface area contributed by atoms with Crippen LogP contribution >= 0.6 is 0 Å². The van der Waals surface area contributed by atoms with Crippen LogP contribution in [0.25, 0.3) is 0 Å². The smallest absolute Gasteiger partial charge is 0.0693 e. The Labute approximate surface area is 122 Å². The fourth-order valence-corrected chi connectivity index (χ4v) is 3.58. The summed E-state index contributed by atoms with van der Waals surface area (Å²) in [5.41, 5.74) is 4.75. The summed E-state index contributed by atoms with van der Waals surface area (Å²) in [4.78, 5) is 4.58. The molecule has 1 heterocycles. The molecule has 0 spiro atoms. The Balaban J connectivity index is 2.13. The molecule has 2 N–H and O–H groups in total. The zero-order valence-electron chi connectivity index (χ0n) is 13.2. The maximum absolute atomic E-state index is 10.2. The number of pyridine rings is 1. The number of aromatic nitrogens is 1. The maximum Gasteiger partial charge on any atom is 0.0693 e. The molecule has 1 aliphatic carbocycles. The number of rotatable bonds is 3. The second-order valence-electron chi connectivity index (χ2n) is 6.28. The van der Waals surface area contributed by atoms with Crippen LogP contribution in [0, 0.1) is 20.8 Å². The Morgan fingerprint density at radius 1 is 1.20 bits per heavy atom. The molecular weight excluding hydrogens is 248 g/mol. The largest absolute Gasteiger partial charge is 0.392 e. The summed E-state index contributed by atoms with van der Waals surface area (Å²) in [5, 5.41) is 13.9. The van der Waals surface area contributed by atoms with E-state index in [0.717, 1.165) is 30.7 Å². The predicted octanol–water partition coefficient (Wildman–Crippen LogP) is 3.35. The van der Waals surface area contributed by atoms with Crippen LogP contribution < -0.4 is 5.32 Å². The van der Waals surface area contributed by atoms with Crippen molar-refractivity contribution in [3.8, 4) is 0 Å². The Morgan fingerprint density at radius 2 is 1.90 bits per heavy atom. The maximum atomic E-state index is 10.2. The molecule has 1 aromatic rings. The molecule has 0 amide bonds. The van der Waals surface area contributed by atoms with E-state index in [1.54, 1.807) is 0 Å². The first kappa shape index (κ1) is 15.5. The number of aliphatic hydroxyl groups excluding tert-OH is 1. The summed E-state index contributed by atoms with van der Waals surface area (Å²) in [5.74, 6) is 0. The van der Waals surface area contributed by atoms with Crippen molar-refractivity contribution in [1.29, 1.82) is 0 Å². The van der Waals surface area contributed by atoms with E-state index >= 15 is 0 Å². The molecule has 3 atom stereocenters. The van der Waals surface area contributed by atoms with Crippen molar-refractivity contribution in [2.75, 3.05) is 0 Å². The van der Waals surface area contributed by atoms with Crippen LogP contribution in [0.3, 0.4) is 0 Å². The highest BCUT2D eigenvalue weighted by molar-refractivity contribution is 5.33. The van der Waals surface area contributed by atoms with Gasteiger partial charge in [-0.2, -0.15) is 0 Å². The van der Waals surface area contributed by atoms with Crippen molar-refractivity contribution in [3.63, 3.8) is 0 Å². The van der Waals surface area contributed by atoms with Gasteiger partial charge in [0, 0.05) is 23.5 Å². The standard InChI is InChI=1S/C17H28N2O/c1-11-10-12(2)18-13(3)17(11)14(4)19-15-8-6-5-7-9-16(15)20/h10,14-16,19-20H,5-9H2,1-4H3. The van der Waals surface area contributed by atoms with E-state index in [1.807, 2.05) is 6.92 Å². The molecular formula is C17H28N2O. The van der Waals surface area contributed by atoms with Gasteiger partial charge in [0.25, 0.3) is 0 Å². The van der Waals surface area contributed by atoms with Crippen molar-refractivity contribution in [1.82, 2.24) is 10.3 Å². The van der Waals surface area contributed by atoms with Gasteiger partial charge in [0.2, 0.25) is 0 Å². The number of hydrogen-bond donors (Lipinski definition) is 2. The third kappa shape index (κ3) is 3.58. The van der Waals surface area contributed by atoms with E-state index in [2.05, 4.69) is 37.1 Å². The molecule has 1 aromatic heterocycles. The fourth-order valence-electron chi connectivity index (χ4n) is 3.58. The normalized spacial score (nSPS) is 25.2. The highest BCUT2D eigenvalue weighted by atomic mass is 16.3. The SMILES string of the molecule is Cc1cc(C)c(C(C)NC2CCCCCC2O)c(C)n1. The van der Waals surface area contributed by atoms with Crippen LogP contribution in [0.5, 0.6) is 0 Å². The van der Waals surface area contributed by atoms with Crippen molar-refractivity contribution in [3.05, 3.63) is 28.6 Å². The number of aryl methyl sites for hydroxylation is 3. The summed E-state index contributed by atoms with van der Waals surface area (Å²) < 4.78 is 0. The average molecular weight is 276 g/mol. The van der Waals surface area contributed by atoms with Gasteiger partial charge in [-0.1, -0.05) is 19.3 Å². The minimum absolute atomic E-state index is 0.209. The van der Waals surface area contributed by atoms with E-state index in [4.69, 9.17) is 0 Å². The third-order valence-corrected chi connectivity index (χ3v) is 4.46. The highest BCUT2D eigenvalue weighted by Crippen LogP contribution is 2.25. The molecule has 1 fully saturated rings. The molecule has 3 heteroatoms. The van der Waals surface area contributed by atoms with Crippen LogP contribution in [0.15, 0.2) is 6.07 Å².